The number of hydrogen-bond acceptors (Lipinski definition) is 2. The third-order valence-corrected chi connectivity index (χ3v) is 1.19. The van der Waals surface area contributed by atoms with Gasteiger partial charge in [-0.25, -0.2) is 4.79 Å². The van der Waals surface area contributed by atoms with Gasteiger partial charge in [-0.1, -0.05) is 13.0 Å². The highest BCUT2D eigenvalue weighted by Gasteiger charge is 2.04. The molecule has 0 N–H and O–H groups in total. The molecule has 0 aromatic carbocycles. The average Bonchev–Trinajstić information content (AvgIpc) is 1.99. The summed E-state index contributed by atoms with van der Waals surface area (Å²) in [5.41, 5.74) is 0.644. The molecule has 0 bridgehead atoms. The van der Waals surface area contributed by atoms with Crippen LogP contribution in [0.3, 0.4) is 0 Å². The van der Waals surface area contributed by atoms with Crippen LogP contribution in [-0.4, -0.2) is 13.1 Å². The molecule has 0 aliphatic carbocycles. The lowest BCUT2D eigenvalue weighted by Gasteiger charge is -1.99. The number of allylic oxidation sites excluding steroid dienone is 1. The van der Waals surface area contributed by atoms with Crippen LogP contribution in [-0.2, 0) is 9.53 Å². The number of hydrogen-bond donors (Lipinski definition) is 0. The monoisotopic (exact) mass is 140 g/mol. The van der Waals surface area contributed by atoms with E-state index < -0.39 is 0 Å². The highest BCUT2D eigenvalue weighted by atomic mass is 16.5. The standard InChI is InChI=1S/C8H12O2/c1-4-6-7(5-2)8(9)10-3/h1,6H,4-5H2,2-3H3. The maximum atomic E-state index is 10.8. The van der Waals surface area contributed by atoms with E-state index in [0.29, 0.717) is 18.4 Å². The van der Waals surface area contributed by atoms with Crippen LogP contribution in [0.1, 0.15) is 19.8 Å². The quantitative estimate of drug-likeness (QED) is 0.439. The Labute approximate surface area is 61.9 Å². The van der Waals surface area contributed by atoms with Gasteiger partial charge in [-0.05, 0) is 19.8 Å². The number of carbonyl (C=O) groups excluding carboxylic acids is 1. The van der Waals surface area contributed by atoms with E-state index in [9.17, 15) is 4.79 Å². The van der Waals surface area contributed by atoms with Gasteiger partial charge in [0, 0.05) is 5.57 Å². The van der Waals surface area contributed by atoms with Gasteiger partial charge in [-0.15, -0.1) is 0 Å². The number of esters is 1. The van der Waals surface area contributed by atoms with E-state index in [0.717, 1.165) is 0 Å². The van der Waals surface area contributed by atoms with E-state index in [-0.39, 0.29) is 5.97 Å². The number of carbonyl (C=O) groups is 1. The summed E-state index contributed by atoms with van der Waals surface area (Å²) in [6, 6.07) is 0. The van der Waals surface area contributed by atoms with Crippen LogP contribution < -0.4 is 0 Å². The third-order valence-electron chi connectivity index (χ3n) is 1.19. The number of rotatable bonds is 3. The Balaban J connectivity index is 4.06. The van der Waals surface area contributed by atoms with Crippen molar-refractivity contribution in [1.29, 1.82) is 0 Å². The summed E-state index contributed by atoms with van der Waals surface area (Å²) < 4.78 is 4.49. The van der Waals surface area contributed by atoms with Crippen molar-refractivity contribution in [3.05, 3.63) is 18.6 Å². The summed E-state index contributed by atoms with van der Waals surface area (Å²) in [5.74, 6) is -0.284. The van der Waals surface area contributed by atoms with Crippen LogP contribution >= 0.6 is 0 Å². The zero-order valence-corrected chi connectivity index (χ0v) is 6.39. The molecule has 0 amide bonds. The first-order chi connectivity index (χ1) is 4.76. The van der Waals surface area contributed by atoms with Gasteiger partial charge in [0.2, 0.25) is 0 Å². The van der Waals surface area contributed by atoms with E-state index in [1.54, 1.807) is 6.08 Å². The van der Waals surface area contributed by atoms with E-state index >= 15 is 0 Å². The Bertz CT molecular complexity index is 136. The van der Waals surface area contributed by atoms with Crippen molar-refractivity contribution >= 4 is 5.97 Å². The van der Waals surface area contributed by atoms with Crippen LogP contribution in [0.5, 0.6) is 0 Å². The average molecular weight is 140 g/mol. The van der Waals surface area contributed by atoms with Crippen LogP contribution in [0.2, 0.25) is 0 Å². The zero-order valence-electron chi connectivity index (χ0n) is 6.39. The van der Waals surface area contributed by atoms with Gasteiger partial charge >= 0.3 is 5.97 Å². The van der Waals surface area contributed by atoms with Gasteiger partial charge in [-0.2, -0.15) is 0 Å². The van der Waals surface area contributed by atoms with E-state index in [1.807, 2.05) is 6.92 Å². The Morgan fingerprint density at radius 1 is 1.70 bits per heavy atom. The molecule has 0 fully saturated rings. The van der Waals surface area contributed by atoms with Crippen LogP contribution in [0.15, 0.2) is 11.6 Å². The minimum absolute atomic E-state index is 0.284. The van der Waals surface area contributed by atoms with Crippen LogP contribution in [0.25, 0.3) is 0 Å². The van der Waals surface area contributed by atoms with Gasteiger partial charge in [0.25, 0.3) is 0 Å². The smallest absolute Gasteiger partial charge is 0.333 e. The summed E-state index contributed by atoms with van der Waals surface area (Å²) in [5, 5.41) is 0. The molecule has 0 atom stereocenters. The molecule has 0 aliphatic heterocycles. The predicted octanol–water partition coefficient (Wildman–Crippen LogP) is 1.60. The first-order valence-electron chi connectivity index (χ1n) is 3.23. The molecule has 2 radical (unpaired) electrons. The number of methoxy groups -OCH3 is 1. The largest absolute Gasteiger partial charge is 0.466 e. The predicted molar refractivity (Wildman–Crippen MR) is 39.3 cm³/mol. The minimum atomic E-state index is -0.284. The molecule has 0 aromatic heterocycles. The Hall–Kier alpha value is -0.790. The van der Waals surface area contributed by atoms with Crippen molar-refractivity contribution in [2.75, 3.05) is 7.11 Å². The molecule has 2 heteroatoms. The summed E-state index contributed by atoms with van der Waals surface area (Å²) in [4.78, 5) is 10.8. The van der Waals surface area contributed by atoms with Crippen molar-refractivity contribution in [3.63, 3.8) is 0 Å². The molecule has 0 spiro atoms. The maximum absolute atomic E-state index is 10.8. The van der Waals surface area contributed by atoms with Crippen molar-refractivity contribution in [2.24, 2.45) is 0 Å². The second kappa shape index (κ2) is 5.03. The summed E-state index contributed by atoms with van der Waals surface area (Å²) in [7, 11) is 1.36. The minimum Gasteiger partial charge on any atom is -0.466 e. The first-order valence-corrected chi connectivity index (χ1v) is 3.23. The molecule has 56 valence electrons. The lowest BCUT2D eigenvalue weighted by Crippen LogP contribution is -2.03. The fraction of sp³-hybridized carbons (Fsp3) is 0.500. The van der Waals surface area contributed by atoms with Crippen molar-refractivity contribution in [3.8, 4) is 0 Å². The first kappa shape index (κ1) is 9.21. The molecular weight excluding hydrogens is 128 g/mol. The molecule has 0 heterocycles. The number of ether oxygens (including phenoxy) is 1. The fourth-order valence-corrected chi connectivity index (χ4v) is 0.645. The molecule has 0 aliphatic rings. The van der Waals surface area contributed by atoms with Crippen LogP contribution in [0.4, 0.5) is 0 Å². The molecule has 0 aromatic rings. The second-order valence-corrected chi connectivity index (χ2v) is 1.81. The molecule has 2 nitrogen and oxygen atoms in total. The summed E-state index contributed by atoms with van der Waals surface area (Å²) in [6.07, 6.45) is 2.73. The lowest BCUT2D eigenvalue weighted by atomic mass is 10.2. The van der Waals surface area contributed by atoms with E-state index in [2.05, 4.69) is 4.74 Å². The maximum Gasteiger partial charge on any atom is 0.333 e. The van der Waals surface area contributed by atoms with Crippen molar-refractivity contribution in [2.45, 2.75) is 19.8 Å². The van der Waals surface area contributed by atoms with Crippen LogP contribution in [0, 0.1) is 6.92 Å². The molecule has 0 rings (SSSR count). The highest BCUT2D eigenvalue weighted by Crippen LogP contribution is 2.03. The van der Waals surface area contributed by atoms with Gasteiger partial charge in [-0.3, -0.25) is 0 Å². The van der Waals surface area contributed by atoms with Gasteiger partial charge in [0.05, 0.1) is 7.11 Å². The Morgan fingerprint density at radius 3 is 2.60 bits per heavy atom. The molecule has 0 saturated heterocycles. The fourth-order valence-electron chi connectivity index (χ4n) is 0.645. The second-order valence-electron chi connectivity index (χ2n) is 1.81. The summed E-state index contributed by atoms with van der Waals surface area (Å²) >= 11 is 0. The molecule has 0 unspecified atom stereocenters. The Kier molecular flexibility index (Phi) is 4.63. The molecule has 10 heavy (non-hydrogen) atoms. The molecule has 0 saturated carbocycles. The van der Waals surface area contributed by atoms with Gasteiger partial charge in [0.15, 0.2) is 0 Å². The lowest BCUT2D eigenvalue weighted by molar-refractivity contribution is -0.136. The normalized spacial score (nSPS) is 11.3. The van der Waals surface area contributed by atoms with E-state index in [4.69, 9.17) is 6.92 Å². The topological polar surface area (TPSA) is 26.3 Å². The van der Waals surface area contributed by atoms with Gasteiger partial charge in [0.1, 0.15) is 0 Å². The van der Waals surface area contributed by atoms with Crippen molar-refractivity contribution in [1.82, 2.24) is 0 Å². The SMILES string of the molecule is [CH]CC=C(CC)C(=O)OC. The summed E-state index contributed by atoms with van der Waals surface area (Å²) in [6.45, 7) is 7.10. The van der Waals surface area contributed by atoms with E-state index in [1.165, 1.54) is 7.11 Å². The third kappa shape index (κ3) is 2.67. The highest BCUT2D eigenvalue weighted by molar-refractivity contribution is 5.88. The van der Waals surface area contributed by atoms with Crippen molar-refractivity contribution < 1.29 is 9.53 Å². The Morgan fingerprint density at radius 2 is 2.30 bits per heavy atom. The molecular formula is C8H12O2. The zero-order chi connectivity index (χ0) is 7.98. The van der Waals surface area contributed by atoms with Gasteiger partial charge < -0.3 is 4.74 Å².